The van der Waals surface area contributed by atoms with Crippen LogP contribution >= 0.6 is 22.6 Å². The molecule has 0 unspecified atom stereocenters. The fraction of sp³-hybridized carbons (Fsp3) is 0.176. The molecule has 4 nitrogen and oxygen atoms in total. The van der Waals surface area contributed by atoms with Crippen molar-refractivity contribution in [3.63, 3.8) is 0 Å². The average molecular weight is 405 g/mol. The number of hydrogen-bond acceptors (Lipinski definition) is 3. The van der Waals surface area contributed by atoms with E-state index in [0.29, 0.717) is 13.0 Å². The lowest BCUT2D eigenvalue weighted by Crippen LogP contribution is -2.36. The number of carbonyl (C=O) groups is 1. The van der Waals surface area contributed by atoms with Crippen LogP contribution in [0.5, 0.6) is 0 Å². The summed E-state index contributed by atoms with van der Waals surface area (Å²) >= 11 is 2.24. The van der Waals surface area contributed by atoms with Crippen molar-refractivity contribution in [3.8, 4) is 6.07 Å². The molecule has 0 aliphatic rings. The van der Waals surface area contributed by atoms with Crippen LogP contribution in [0.3, 0.4) is 0 Å². The highest BCUT2D eigenvalue weighted by molar-refractivity contribution is 14.1. The molecule has 22 heavy (non-hydrogen) atoms. The molecule has 0 radical (unpaired) electrons. The van der Waals surface area contributed by atoms with E-state index in [-0.39, 0.29) is 12.5 Å². The molecule has 0 atom stereocenters. The Morgan fingerprint density at radius 3 is 2.45 bits per heavy atom. The molecule has 5 heteroatoms. The van der Waals surface area contributed by atoms with E-state index >= 15 is 0 Å². The van der Waals surface area contributed by atoms with E-state index in [0.717, 1.165) is 14.9 Å². The number of amides is 1. The summed E-state index contributed by atoms with van der Waals surface area (Å²) in [5.74, 6) is -0.0556. The highest BCUT2D eigenvalue weighted by atomic mass is 127. The van der Waals surface area contributed by atoms with Gasteiger partial charge in [0.1, 0.15) is 0 Å². The van der Waals surface area contributed by atoms with Gasteiger partial charge in [-0.1, -0.05) is 18.2 Å². The Morgan fingerprint density at radius 2 is 1.82 bits per heavy atom. The molecule has 0 aromatic heterocycles. The third-order valence-corrected chi connectivity index (χ3v) is 3.82. The van der Waals surface area contributed by atoms with Crippen LogP contribution in [0.1, 0.15) is 6.42 Å². The van der Waals surface area contributed by atoms with Crippen LogP contribution in [0.2, 0.25) is 0 Å². The molecular weight excluding hydrogens is 389 g/mol. The van der Waals surface area contributed by atoms with Crippen molar-refractivity contribution in [1.82, 2.24) is 0 Å². The lowest BCUT2D eigenvalue weighted by atomic mass is 10.2. The van der Waals surface area contributed by atoms with Crippen LogP contribution in [0.25, 0.3) is 0 Å². The quantitative estimate of drug-likeness (QED) is 0.747. The average Bonchev–Trinajstić information content (AvgIpc) is 2.55. The first-order valence-electron chi connectivity index (χ1n) is 6.92. The SMILES string of the molecule is N#CCCN(C(=O)CNc1ccc(I)cc1)c1ccccc1. The summed E-state index contributed by atoms with van der Waals surface area (Å²) in [6.07, 6.45) is 0.310. The summed E-state index contributed by atoms with van der Waals surface area (Å²) in [5.41, 5.74) is 1.72. The molecule has 0 bridgehead atoms. The summed E-state index contributed by atoms with van der Waals surface area (Å²) in [6.45, 7) is 0.592. The molecule has 112 valence electrons. The number of para-hydroxylation sites is 1. The molecule has 0 saturated carbocycles. The molecule has 0 aliphatic heterocycles. The van der Waals surface area contributed by atoms with Crippen LogP contribution in [-0.4, -0.2) is 19.0 Å². The van der Waals surface area contributed by atoms with Gasteiger partial charge in [0.2, 0.25) is 5.91 Å². The maximum atomic E-state index is 12.4. The first-order chi connectivity index (χ1) is 10.7. The molecule has 0 spiro atoms. The zero-order valence-corrected chi connectivity index (χ0v) is 14.2. The third-order valence-electron chi connectivity index (χ3n) is 3.10. The molecule has 0 aliphatic carbocycles. The van der Waals surface area contributed by atoms with Crippen molar-refractivity contribution in [2.75, 3.05) is 23.3 Å². The first-order valence-corrected chi connectivity index (χ1v) is 8.00. The van der Waals surface area contributed by atoms with E-state index < -0.39 is 0 Å². The van der Waals surface area contributed by atoms with E-state index in [1.807, 2.05) is 54.6 Å². The van der Waals surface area contributed by atoms with Gasteiger partial charge in [-0.25, -0.2) is 0 Å². The van der Waals surface area contributed by atoms with Crippen LogP contribution in [0.15, 0.2) is 54.6 Å². The van der Waals surface area contributed by atoms with Gasteiger partial charge in [0.25, 0.3) is 0 Å². The maximum Gasteiger partial charge on any atom is 0.246 e. The van der Waals surface area contributed by atoms with E-state index in [9.17, 15) is 4.79 Å². The molecule has 0 saturated heterocycles. The van der Waals surface area contributed by atoms with Gasteiger partial charge in [0.05, 0.1) is 19.0 Å². The maximum absolute atomic E-state index is 12.4. The lowest BCUT2D eigenvalue weighted by molar-refractivity contribution is -0.117. The highest BCUT2D eigenvalue weighted by Gasteiger charge is 2.14. The summed E-state index contributed by atoms with van der Waals surface area (Å²) in [4.78, 5) is 14.1. The van der Waals surface area contributed by atoms with E-state index in [1.54, 1.807) is 4.90 Å². The Morgan fingerprint density at radius 1 is 1.14 bits per heavy atom. The van der Waals surface area contributed by atoms with Gasteiger partial charge in [-0.15, -0.1) is 0 Å². The Labute approximate surface area is 143 Å². The normalized spacial score (nSPS) is 9.82. The van der Waals surface area contributed by atoms with Crippen LogP contribution in [0, 0.1) is 14.9 Å². The van der Waals surface area contributed by atoms with Gasteiger partial charge in [-0.2, -0.15) is 5.26 Å². The van der Waals surface area contributed by atoms with Crippen molar-refractivity contribution < 1.29 is 4.79 Å². The minimum atomic E-state index is -0.0556. The van der Waals surface area contributed by atoms with Crippen LogP contribution in [-0.2, 0) is 4.79 Å². The number of halogens is 1. The number of rotatable bonds is 6. The second kappa shape index (κ2) is 8.39. The smallest absolute Gasteiger partial charge is 0.246 e. The number of nitriles is 1. The number of hydrogen-bond donors (Lipinski definition) is 1. The monoisotopic (exact) mass is 405 g/mol. The minimum Gasteiger partial charge on any atom is -0.376 e. The molecule has 0 heterocycles. The summed E-state index contributed by atoms with van der Waals surface area (Å²) in [7, 11) is 0. The number of carbonyl (C=O) groups excluding carboxylic acids is 1. The van der Waals surface area contributed by atoms with Crippen molar-refractivity contribution >= 4 is 39.9 Å². The van der Waals surface area contributed by atoms with Crippen molar-refractivity contribution in [2.45, 2.75) is 6.42 Å². The van der Waals surface area contributed by atoms with Gasteiger partial charge < -0.3 is 10.2 Å². The van der Waals surface area contributed by atoms with Gasteiger partial charge >= 0.3 is 0 Å². The molecule has 2 rings (SSSR count). The van der Waals surface area contributed by atoms with Gasteiger partial charge in [-0.05, 0) is 59.0 Å². The predicted octanol–water partition coefficient (Wildman–Crippen LogP) is 3.65. The summed E-state index contributed by atoms with van der Waals surface area (Å²) in [5, 5.41) is 11.9. The Hall–Kier alpha value is -2.07. The van der Waals surface area contributed by atoms with Gasteiger partial charge in [0.15, 0.2) is 0 Å². The topological polar surface area (TPSA) is 56.1 Å². The minimum absolute atomic E-state index is 0.0556. The van der Waals surface area contributed by atoms with E-state index in [1.165, 1.54) is 0 Å². The molecule has 0 fully saturated rings. The van der Waals surface area contributed by atoms with Gasteiger partial charge in [0, 0.05) is 21.5 Å². The largest absolute Gasteiger partial charge is 0.376 e. The zero-order chi connectivity index (χ0) is 15.8. The predicted molar refractivity (Wildman–Crippen MR) is 96.7 cm³/mol. The zero-order valence-electron chi connectivity index (χ0n) is 12.0. The molecule has 1 N–H and O–H groups in total. The van der Waals surface area contributed by atoms with Crippen molar-refractivity contribution in [1.29, 1.82) is 5.26 Å². The summed E-state index contributed by atoms with van der Waals surface area (Å²) in [6, 6.07) is 19.4. The summed E-state index contributed by atoms with van der Waals surface area (Å²) < 4.78 is 1.15. The molecule has 2 aromatic carbocycles. The number of nitrogens with zero attached hydrogens (tertiary/aromatic N) is 2. The first kappa shape index (κ1) is 16.3. The second-order valence-corrected chi connectivity index (χ2v) is 5.90. The standard InChI is InChI=1S/C17H16IN3O/c18-14-7-9-15(10-8-14)20-13-17(22)21(12-4-11-19)16-5-2-1-3-6-16/h1-3,5-10,20H,4,12-13H2. The Bertz CT molecular complexity index is 650. The Kier molecular flexibility index (Phi) is 6.22. The van der Waals surface area contributed by atoms with E-state index in [2.05, 4.69) is 34.0 Å². The van der Waals surface area contributed by atoms with Crippen LogP contribution < -0.4 is 10.2 Å². The fourth-order valence-electron chi connectivity index (χ4n) is 2.01. The fourth-order valence-corrected chi connectivity index (χ4v) is 2.37. The number of nitrogens with one attached hydrogen (secondary N) is 1. The van der Waals surface area contributed by atoms with E-state index in [4.69, 9.17) is 5.26 Å². The Balaban J connectivity index is 2.02. The van der Waals surface area contributed by atoms with Crippen LogP contribution in [0.4, 0.5) is 11.4 Å². The second-order valence-electron chi connectivity index (χ2n) is 4.65. The molecule has 1 amide bonds. The number of benzene rings is 2. The van der Waals surface area contributed by atoms with Gasteiger partial charge in [-0.3, -0.25) is 4.79 Å². The van der Waals surface area contributed by atoms with Crippen molar-refractivity contribution in [3.05, 3.63) is 58.2 Å². The third kappa shape index (κ3) is 4.74. The molecule has 2 aromatic rings. The molecular formula is C17H16IN3O. The highest BCUT2D eigenvalue weighted by Crippen LogP contribution is 2.15. The van der Waals surface area contributed by atoms with Crippen molar-refractivity contribution in [2.24, 2.45) is 0 Å². The number of anilines is 2. The lowest BCUT2D eigenvalue weighted by Gasteiger charge is -2.22.